The van der Waals surface area contributed by atoms with Gasteiger partial charge in [-0.1, -0.05) is 204 Å². The number of carbonyl (C=O) groups is 2. The molecule has 0 bridgehead atoms. The van der Waals surface area contributed by atoms with Crippen molar-refractivity contribution in [3.8, 4) is 0 Å². The fourth-order valence-corrected chi connectivity index (χ4v) is 8.55. The molecule has 0 aromatic carbocycles. The third-order valence-electron chi connectivity index (χ3n) is 12.2. The molecule has 0 aromatic heterocycles. The Morgan fingerprint density at radius 1 is 0.529 bits per heavy atom. The number of hydrogen-bond donors (Lipinski definition) is 1. The SMILES string of the molecule is CC/C=C/C/C=C/C/C=C/CCCCCCC(=O)NC(COP(=O)([O-])OCC[N+](C)(C)C)C(/C=C/CCCCCCCCCCCCC)OC(=O)CCCCCCCCC/C=C\CCCCCC. The summed E-state index contributed by atoms with van der Waals surface area (Å²) < 4.78 is 30.2. The second-order valence-corrected chi connectivity index (χ2v) is 21.5. The van der Waals surface area contributed by atoms with E-state index < -0.39 is 26.6 Å². The maximum absolute atomic E-state index is 13.5. The molecule has 68 heavy (non-hydrogen) atoms. The topological polar surface area (TPSA) is 114 Å². The smallest absolute Gasteiger partial charge is 0.306 e. The lowest BCUT2D eigenvalue weighted by atomic mass is 10.0. The van der Waals surface area contributed by atoms with Gasteiger partial charge >= 0.3 is 5.97 Å². The number of rotatable bonds is 50. The standard InChI is InChI=1S/C58H107N2O7P/c1-7-10-13-16-19-22-25-28-30-33-36-39-42-45-48-51-58(62)67-56(49-46-43-40-37-34-31-27-24-21-18-15-12-9-3)55(54-66-68(63,64)65-53-52-60(4,5)6)59-57(61)50-47-44-41-38-35-32-29-26-23-20-17-14-11-8-2/h11,14,20,22-23,25,29,32,46,49,55-56H,7-10,12-13,15-19,21,24,26-28,30-31,33-45,47-48,50-54H2,1-6H3,(H-,59,61,63,64)/b14-11+,23-20+,25-22-,32-29+,49-46+. The van der Waals surface area contributed by atoms with Gasteiger partial charge in [-0.3, -0.25) is 14.2 Å². The van der Waals surface area contributed by atoms with Gasteiger partial charge in [0.1, 0.15) is 19.3 Å². The van der Waals surface area contributed by atoms with Crippen molar-refractivity contribution in [2.24, 2.45) is 0 Å². The Hall–Kier alpha value is -2.29. The highest BCUT2D eigenvalue weighted by molar-refractivity contribution is 7.45. The molecule has 1 N–H and O–H groups in total. The van der Waals surface area contributed by atoms with Gasteiger partial charge in [-0.25, -0.2) is 0 Å². The summed E-state index contributed by atoms with van der Waals surface area (Å²) in [6.45, 7) is 6.69. The molecule has 0 heterocycles. The van der Waals surface area contributed by atoms with Crippen LogP contribution in [0.1, 0.15) is 245 Å². The number of esters is 1. The van der Waals surface area contributed by atoms with Crippen molar-refractivity contribution in [1.29, 1.82) is 0 Å². The fourth-order valence-electron chi connectivity index (χ4n) is 7.82. The number of allylic oxidation sites excluding steroid dienone is 9. The number of ether oxygens (including phenoxy) is 1. The first-order valence-corrected chi connectivity index (χ1v) is 29.6. The zero-order valence-electron chi connectivity index (χ0n) is 45.1. The molecule has 0 radical (unpaired) electrons. The third-order valence-corrected chi connectivity index (χ3v) is 13.1. The number of unbranched alkanes of at least 4 members (excludes halogenated alkanes) is 26. The molecule has 0 fully saturated rings. The number of amides is 1. The summed E-state index contributed by atoms with van der Waals surface area (Å²) in [5, 5.41) is 3.00. The third kappa shape index (κ3) is 48.7. The first-order valence-electron chi connectivity index (χ1n) is 28.1. The van der Waals surface area contributed by atoms with E-state index >= 15 is 0 Å². The molecule has 0 saturated heterocycles. The van der Waals surface area contributed by atoms with E-state index in [0.717, 1.165) is 96.3 Å². The van der Waals surface area contributed by atoms with E-state index in [4.69, 9.17) is 13.8 Å². The van der Waals surface area contributed by atoms with Crippen LogP contribution in [0.15, 0.2) is 60.8 Å². The summed E-state index contributed by atoms with van der Waals surface area (Å²) in [6, 6.07) is -0.901. The summed E-state index contributed by atoms with van der Waals surface area (Å²) in [5.41, 5.74) is 0. The highest BCUT2D eigenvalue weighted by Crippen LogP contribution is 2.38. The molecule has 10 heteroatoms. The van der Waals surface area contributed by atoms with Gasteiger partial charge < -0.3 is 28.5 Å². The van der Waals surface area contributed by atoms with Crippen molar-refractivity contribution < 1.29 is 37.3 Å². The number of carbonyl (C=O) groups excluding carboxylic acids is 2. The lowest BCUT2D eigenvalue weighted by Gasteiger charge is -2.30. The number of hydrogen-bond acceptors (Lipinski definition) is 7. The second-order valence-electron chi connectivity index (χ2n) is 20.1. The first-order chi connectivity index (χ1) is 32.9. The minimum Gasteiger partial charge on any atom is -0.756 e. The van der Waals surface area contributed by atoms with E-state index in [1.54, 1.807) is 0 Å². The van der Waals surface area contributed by atoms with Crippen molar-refractivity contribution in [1.82, 2.24) is 5.32 Å². The van der Waals surface area contributed by atoms with Crippen LogP contribution in [0, 0.1) is 0 Å². The van der Waals surface area contributed by atoms with Crippen LogP contribution in [0.2, 0.25) is 0 Å². The molecule has 9 nitrogen and oxygen atoms in total. The van der Waals surface area contributed by atoms with Crippen LogP contribution in [-0.4, -0.2) is 69.4 Å². The van der Waals surface area contributed by atoms with Gasteiger partial charge in [0.25, 0.3) is 7.82 Å². The summed E-state index contributed by atoms with van der Waals surface area (Å²) in [7, 11) is 1.16. The Balaban J connectivity index is 5.43. The van der Waals surface area contributed by atoms with Gasteiger partial charge in [-0.05, 0) is 89.5 Å². The van der Waals surface area contributed by atoms with Crippen molar-refractivity contribution in [2.45, 2.75) is 258 Å². The van der Waals surface area contributed by atoms with Gasteiger partial charge in [0.15, 0.2) is 0 Å². The van der Waals surface area contributed by atoms with Crippen LogP contribution in [0.4, 0.5) is 0 Å². The quantitative estimate of drug-likeness (QED) is 0.0212. The highest BCUT2D eigenvalue weighted by Gasteiger charge is 2.27. The number of nitrogens with one attached hydrogen (secondary N) is 1. The minimum atomic E-state index is -4.70. The monoisotopic (exact) mass is 975 g/mol. The number of likely N-dealkylation sites (N-methyl/N-ethyl adjacent to an activating group) is 1. The number of quaternary nitrogens is 1. The van der Waals surface area contributed by atoms with Gasteiger partial charge in [0, 0.05) is 12.8 Å². The van der Waals surface area contributed by atoms with E-state index in [0.29, 0.717) is 17.4 Å². The first kappa shape index (κ1) is 65.7. The number of nitrogens with zero attached hydrogens (tertiary/aromatic N) is 1. The summed E-state index contributed by atoms with van der Waals surface area (Å²) in [6.07, 6.45) is 58.9. The molecule has 0 aliphatic rings. The normalized spacial score (nSPS) is 14.3. The number of phosphoric ester groups is 1. The average Bonchev–Trinajstić information content (AvgIpc) is 3.29. The molecule has 0 aromatic rings. The van der Waals surface area contributed by atoms with Crippen LogP contribution in [0.3, 0.4) is 0 Å². The van der Waals surface area contributed by atoms with Gasteiger partial charge in [0.2, 0.25) is 5.91 Å². The van der Waals surface area contributed by atoms with Crippen LogP contribution >= 0.6 is 7.82 Å². The molecular formula is C58H107N2O7P. The summed E-state index contributed by atoms with van der Waals surface area (Å²) in [4.78, 5) is 39.8. The van der Waals surface area contributed by atoms with Crippen LogP contribution in [0.25, 0.3) is 0 Å². The minimum absolute atomic E-state index is 0.0288. The predicted octanol–water partition coefficient (Wildman–Crippen LogP) is 16.1. The average molecular weight is 975 g/mol. The van der Waals surface area contributed by atoms with E-state index in [1.807, 2.05) is 33.3 Å². The molecule has 3 atom stereocenters. The zero-order valence-corrected chi connectivity index (χ0v) is 45.9. The molecule has 0 aliphatic heterocycles. The van der Waals surface area contributed by atoms with Crippen molar-refractivity contribution in [3.05, 3.63) is 60.8 Å². The predicted molar refractivity (Wildman–Crippen MR) is 289 cm³/mol. The molecule has 0 saturated carbocycles. The Morgan fingerprint density at radius 2 is 0.941 bits per heavy atom. The Labute approximate surface area is 420 Å². The molecule has 396 valence electrons. The van der Waals surface area contributed by atoms with Crippen molar-refractivity contribution in [2.75, 3.05) is 40.9 Å². The molecule has 0 rings (SSSR count). The Kier molecular flexibility index (Phi) is 46.7. The Bertz CT molecular complexity index is 1350. The van der Waals surface area contributed by atoms with Crippen molar-refractivity contribution in [3.63, 3.8) is 0 Å². The fraction of sp³-hybridized carbons (Fsp3) is 0.793. The van der Waals surface area contributed by atoms with Gasteiger partial charge in [-0.2, -0.15) is 0 Å². The lowest BCUT2D eigenvalue weighted by Crippen LogP contribution is -2.47. The summed E-state index contributed by atoms with van der Waals surface area (Å²) >= 11 is 0. The molecule has 0 spiro atoms. The van der Waals surface area contributed by atoms with Gasteiger partial charge in [-0.15, -0.1) is 0 Å². The Morgan fingerprint density at radius 3 is 1.44 bits per heavy atom. The second kappa shape index (κ2) is 48.3. The van der Waals surface area contributed by atoms with Crippen molar-refractivity contribution >= 4 is 19.7 Å². The maximum atomic E-state index is 13.5. The van der Waals surface area contributed by atoms with Crippen LogP contribution < -0.4 is 10.2 Å². The lowest BCUT2D eigenvalue weighted by molar-refractivity contribution is -0.870. The molecule has 0 aliphatic carbocycles. The van der Waals surface area contributed by atoms with Crippen LogP contribution in [0.5, 0.6) is 0 Å². The molecule has 3 unspecified atom stereocenters. The largest absolute Gasteiger partial charge is 0.756 e. The van der Waals surface area contributed by atoms with E-state index in [2.05, 4.69) is 74.7 Å². The van der Waals surface area contributed by atoms with Crippen LogP contribution in [-0.2, 0) is 27.9 Å². The highest BCUT2D eigenvalue weighted by atomic mass is 31.2. The summed E-state index contributed by atoms with van der Waals surface area (Å²) in [5.74, 6) is -0.572. The molecule has 1 amide bonds. The number of phosphoric acid groups is 1. The zero-order chi connectivity index (χ0) is 50.1. The maximum Gasteiger partial charge on any atom is 0.306 e. The van der Waals surface area contributed by atoms with Gasteiger partial charge in [0.05, 0.1) is 33.8 Å². The molecular weight excluding hydrogens is 868 g/mol. The van der Waals surface area contributed by atoms with E-state index in [-0.39, 0.29) is 31.3 Å². The van der Waals surface area contributed by atoms with E-state index in [1.165, 1.54) is 109 Å². The van der Waals surface area contributed by atoms with E-state index in [9.17, 15) is 19.0 Å².